The van der Waals surface area contributed by atoms with Gasteiger partial charge in [-0.15, -0.1) is 0 Å². The molecule has 0 atom stereocenters. The Kier molecular flexibility index (Phi) is 8.51. The fourth-order valence-corrected chi connectivity index (χ4v) is 10.1. The SMILES string of the molecule is Cc1ccc(N(c2cc3ccc4ccc(N(c5ccc(C)cc5C)c5ccc(C)cc5C)c5ccc(c2)c3c45)c2ccc3c(c2)c2ccccc2n3-c2ccccc2)c(C)c1. The van der Waals surface area contributed by atoms with Crippen LogP contribution in [-0.4, -0.2) is 4.57 Å². The van der Waals surface area contributed by atoms with Crippen molar-refractivity contribution in [2.45, 2.75) is 41.5 Å². The number of nitrogens with zero attached hydrogens (tertiary/aromatic N) is 3. The van der Waals surface area contributed by atoms with Gasteiger partial charge in [0.1, 0.15) is 0 Å². The summed E-state index contributed by atoms with van der Waals surface area (Å²) in [5, 5.41) is 10.0. The summed E-state index contributed by atoms with van der Waals surface area (Å²) in [5.41, 5.74) is 18.1. The van der Waals surface area contributed by atoms with Crippen molar-refractivity contribution >= 4 is 88.2 Å². The van der Waals surface area contributed by atoms with Crippen LogP contribution in [0, 0.1) is 41.5 Å². The van der Waals surface area contributed by atoms with E-state index in [1.165, 1.54) is 110 Å². The number of aromatic nitrogens is 1. The van der Waals surface area contributed by atoms with Crippen LogP contribution in [0.15, 0.2) is 176 Å². The van der Waals surface area contributed by atoms with Crippen LogP contribution in [0.1, 0.15) is 33.4 Å². The first kappa shape index (κ1) is 36.7. The molecule has 0 unspecified atom stereocenters. The van der Waals surface area contributed by atoms with E-state index in [0.29, 0.717) is 0 Å². The number of aryl methyl sites for hydroxylation is 6. The van der Waals surface area contributed by atoms with Gasteiger partial charge in [-0.05, 0) is 158 Å². The van der Waals surface area contributed by atoms with Crippen molar-refractivity contribution in [3.05, 3.63) is 209 Å². The molecule has 3 heteroatoms. The molecule has 0 aliphatic heterocycles. The molecule has 10 aromatic carbocycles. The predicted molar refractivity (Wildman–Crippen MR) is 262 cm³/mol. The van der Waals surface area contributed by atoms with Gasteiger partial charge < -0.3 is 14.4 Å². The molecule has 1 aromatic heterocycles. The number of rotatable bonds is 7. The first-order valence-corrected chi connectivity index (χ1v) is 21.3. The molecule has 0 saturated heterocycles. The molecule has 0 amide bonds. The Morgan fingerprint density at radius 3 is 1.49 bits per heavy atom. The first-order chi connectivity index (χ1) is 29.7. The van der Waals surface area contributed by atoms with Crippen LogP contribution in [0.3, 0.4) is 0 Å². The van der Waals surface area contributed by atoms with Crippen molar-refractivity contribution in [3.8, 4) is 5.69 Å². The molecule has 11 aromatic rings. The van der Waals surface area contributed by atoms with Gasteiger partial charge in [-0.25, -0.2) is 0 Å². The molecule has 11 rings (SSSR count). The number of hydrogen-bond acceptors (Lipinski definition) is 2. The number of para-hydroxylation sites is 2. The van der Waals surface area contributed by atoms with Crippen LogP contribution in [-0.2, 0) is 0 Å². The van der Waals surface area contributed by atoms with E-state index in [2.05, 4.69) is 232 Å². The molecule has 0 bridgehead atoms. The standard InChI is InChI=1S/C58H47N3/c1-36-16-25-51(39(4)30-36)59(46-23-29-56-50(35-46)48-14-10-11-15-54(48)60(56)45-12-8-7-9-13-45)47-33-43-20-19-42-22-28-55(49-24-21-44(34-47)57(43)58(42)49)61(52-26-17-37(2)31-40(52)5)53-27-18-38(3)32-41(53)6/h7-35H,1-6H3. The van der Waals surface area contributed by atoms with Gasteiger partial charge in [0, 0.05) is 50.3 Å². The number of fused-ring (bicyclic) bond motifs is 3. The summed E-state index contributed by atoms with van der Waals surface area (Å²) in [4.78, 5) is 4.94. The second-order valence-electron chi connectivity index (χ2n) is 17.1. The van der Waals surface area contributed by atoms with Crippen molar-refractivity contribution in [2.75, 3.05) is 9.80 Å². The summed E-state index contributed by atoms with van der Waals surface area (Å²) in [6.45, 7) is 13.2. The normalized spacial score (nSPS) is 11.8. The van der Waals surface area contributed by atoms with E-state index in [4.69, 9.17) is 0 Å². The van der Waals surface area contributed by atoms with E-state index in [0.717, 1.165) is 17.1 Å². The Morgan fingerprint density at radius 2 is 0.852 bits per heavy atom. The molecule has 61 heavy (non-hydrogen) atoms. The maximum atomic E-state index is 2.48. The van der Waals surface area contributed by atoms with Crippen LogP contribution < -0.4 is 9.80 Å². The van der Waals surface area contributed by atoms with Crippen molar-refractivity contribution in [1.29, 1.82) is 0 Å². The minimum atomic E-state index is 1.13. The maximum Gasteiger partial charge on any atom is 0.0542 e. The van der Waals surface area contributed by atoms with Crippen molar-refractivity contribution in [2.24, 2.45) is 0 Å². The quantitative estimate of drug-likeness (QED) is 0.149. The molecular weight excluding hydrogens is 739 g/mol. The van der Waals surface area contributed by atoms with Gasteiger partial charge in [0.25, 0.3) is 0 Å². The Balaban J connectivity index is 1.13. The van der Waals surface area contributed by atoms with Crippen molar-refractivity contribution in [1.82, 2.24) is 4.57 Å². The number of anilines is 6. The molecule has 0 saturated carbocycles. The monoisotopic (exact) mass is 785 g/mol. The Labute approximate surface area is 357 Å². The lowest BCUT2D eigenvalue weighted by molar-refractivity contribution is 1.18. The summed E-state index contributed by atoms with van der Waals surface area (Å²) in [6, 6.07) is 65.7. The second kappa shape index (κ2) is 14.1. The Bertz CT molecular complexity index is 3430. The van der Waals surface area contributed by atoms with E-state index in [-0.39, 0.29) is 0 Å². The summed E-state index contributed by atoms with van der Waals surface area (Å²) < 4.78 is 2.39. The molecule has 1 heterocycles. The minimum Gasteiger partial charge on any atom is -0.310 e. The van der Waals surface area contributed by atoms with Crippen LogP contribution >= 0.6 is 0 Å². The third-order valence-electron chi connectivity index (χ3n) is 12.8. The highest BCUT2D eigenvalue weighted by Gasteiger charge is 2.23. The lowest BCUT2D eigenvalue weighted by atomic mass is 9.92. The molecule has 3 nitrogen and oxygen atoms in total. The molecule has 0 aliphatic carbocycles. The van der Waals surface area contributed by atoms with E-state index >= 15 is 0 Å². The van der Waals surface area contributed by atoms with Crippen molar-refractivity contribution < 1.29 is 0 Å². The summed E-state index contributed by atoms with van der Waals surface area (Å²) >= 11 is 0. The summed E-state index contributed by atoms with van der Waals surface area (Å²) in [5.74, 6) is 0. The third-order valence-corrected chi connectivity index (χ3v) is 12.8. The first-order valence-electron chi connectivity index (χ1n) is 21.3. The molecule has 0 N–H and O–H groups in total. The predicted octanol–water partition coefficient (Wildman–Crippen LogP) is 16.5. The Morgan fingerprint density at radius 1 is 0.328 bits per heavy atom. The summed E-state index contributed by atoms with van der Waals surface area (Å²) in [7, 11) is 0. The number of benzene rings is 10. The number of hydrogen-bond donors (Lipinski definition) is 0. The van der Waals surface area contributed by atoms with Gasteiger partial charge in [-0.2, -0.15) is 0 Å². The van der Waals surface area contributed by atoms with E-state index < -0.39 is 0 Å². The van der Waals surface area contributed by atoms with Gasteiger partial charge in [-0.1, -0.05) is 120 Å². The van der Waals surface area contributed by atoms with Crippen LogP contribution in [0.2, 0.25) is 0 Å². The van der Waals surface area contributed by atoms with Gasteiger partial charge in [0.05, 0.1) is 16.7 Å². The fraction of sp³-hybridized carbons (Fsp3) is 0.103. The molecule has 0 spiro atoms. The highest BCUT2D eigenvalue weighted by Crippen LogP contribution is 2.48. The lowest BCUT2D eigenvalue weighted by Gasteiger charge is -2.31. The molecule has 0 aliphatic rings. The van der Waals surface area contributed by atoms with Crippen LogP contribution in [0.4, 0.5) is 34.1 Å². The summed E-state index contributed by atoms with van der Waals surface area (Å²) in [6.07, 6.45) is 0. The fourth-order valence-electron chi connectivity index (χ4n) is 10.1. The van der Waals surface area contributed by atoms with Gasteiger partial charge in [-0.3, -0.25) is 0 Å². The highest BCUT2D eigenvalue weighted by molar-refractivity contribution is 6.26. The van der Waals surface area contributed by atoms with Crippen LogP contribution in [0.5, 0.6) is 0 Å². The maximum absolute atomic E-state index is 2.48. The van der Waals surface area contributed by atoms with E-state index in [1.54, 1.807) is 0 Å². The average molecular weight is 786 g/mol. The molecule has 294 valence electrons. The van der Waals surface area contributed by atoms with E-state index in [9.17, 15) is 0 Å². The Hall–Kier alpha value is -7.36. The smallest absolute Gasteiger partial charge is 0.0542 e. The third kappa shape index (κ3) is 5.95. The topological polar surface area (TPSA) is 11.4 Å². The largest absolute Gasteiger partial charge is 0.310 e. The lowest BCUT2D eigenvalue weighted by Crippen LogP contribution is -2.13. The molecular formula is C58H47N3. The van der Waals surface area contributed by atoms with E-state index in [1.807, 2.05) is 0 Å². The zero-order valence-electron chi connectivity index (χ0n) is 35.6. The minimum absolute atomic E-state index is 1.13. The second-order valence-corrected chi connectivity index (χ2v) is 17.1. The average Bonchev–Trinajstić information content (AvgIpc) is 3.59. The molecule has 0 radical (unpaired) electrons. The highest BCUT2D eigenvalue weighted by atomic mass is 15.2. The van der Waals surface area contributed by atoms with Gasteiger partial charge >= 0.3 is 0 Å². The zero-order chi connectivity index (χ0) is 41.5. The van der Waals surface area contributed by atoms with Crippen LogP contribution in [0.25, 0.3) is 59.8 Å². The van der Waals surface area contributed by atoms with Gasteiger partial charge in [0.2, 0.25) is 0 Å². The van der Waals surface area contributed by atoms with Gasteiger partial charge in [0.15, 0.2) is 0 Å². The zero-order valence-corrected chi connectivity index (χ0v) is 35.6. The van der Waals surface area contributed by atoms with Crippen molar-refractivity contribution in [3.63, 3.8) is 0 Å². The molecule has 0 fully saturated rings.